The van der Waals surface area contributed by atoms with Gasteiger partial charge in [0.25, 0.3) is 0 Å². The molecular formula is C13H22O2. The molecule has 0 amide bonds. The van der Waals surface area contributed by atoms with Gasteiger partial charge in [0, 0.05) is 0 Å². The fraction of sp³-hybridized carbons (Fsp3) is 0.923. The number of carbonyl (C=O) groups is 1. The van der Waals surface area contributed by atoms with Crippen molar-refractivity contribution in [3.8, 4) is 0 Å². The molecule has 2 nitrogen and oxygen atoms in total. The van der Waals surface area contributed by atoms with E-state index in [0.29, 0.717) is 11.3 Å². The Kier molecular flexibility index (Phi) is 3.03. The lowest BCUT2D eigenvalue weighted by Gasteiger charge is -2.40. The van der Waals surface area contributed by atoms with Gasteiger partial charge >= 0.3 is 5.97 Å². The number of hydrogen-bond donors (Lipinski definition) is 1. The van der Waals surface area contributed by atoms with Crippen LogP contribution in [0.25, 0.3) is 0 Å². The average molecular weight is 210 g/mol. The van der Waals surface area contributed by atoms with Crippen LogP contribution in [0.4, 0.5) is 0 Å². The molecule has 2 atom stereocenters. The van der Waals surface area contributed by atoms with Crippen molar-refractivity contribution in [1.29, 1.82) is 0 Å². The lowest BCUT2D eigenvalue weighted by Crippen LogP contribution is -2.35. The normalized spacial score (nSPS) is 31.7. The van der Waals surface area contributed by atoms with Crippen LogP contribution in [0.3, 0.4) is 0 Å². The third-order valence-electron chi connectivity index (χ3n) is 4.82. The molecule has 0 aromatic heterocycles. The van der Waals surface area contributed by atoms with E-state index in [-0.39, 0.29) is 5.92 Å². The summed E-state index contributed by atoms with van der Waals surface area (Å²) >= 11 is 0. The van der Waals surface area contributed by atoms with Crippen LogP contribution in [0.2, 0.25) is 0 Å². The minimum absolute atomic E-state index is 0.134. The zero-order valence-corrected chi connectivity index (χ0v) is 9.67. The molecule has 0 aromatic carbocycles. The maximum absolute atomic E-state index is 11.1. The Labute approximate surface area is 92.1 Å². The van der Waals surface area contributed by atoms with Crippen molar-refractivity contribution in [2.24, 2.45) is 17.3 Å². The Morgan fingerprint density at radius 3 is 2.40 bits per heavy atom. The Balaban J connectivity index is 2.12. The summed E-state index contributed by atoms with van der Waals surface area (Å²) in [5.41, 5.74) is 0.413. The molecule has 0 heterocycles. The van der Waals surface area contributed by atoms with E-state index in [0.717, 1.165) is 6.42 Å². The first kappa shape index (κ1) is 11.0. The molecule has 15 heavy (non-hydrogen) atoms. The van der Waals surface area contributed by atoms with E-state index in [1.807, 2.05) is 6.92 Å². The molecule has 0 radical (unpaired) electrons. The Hall–Kier alpha value is -0.530. The molecule has 2 aliphatic carbocycles. The zero-order valence-electron chi connectivity index (χ0n) is 9.67. The zero-order chi connectivity index (χ0) is 10.9. The van der Waals surface area contributed by atoms with E-state index in [4.69, 9.17) is 5.11 Å². The van der Waals surface area contributed by atoms with Gasteiger partial charge in [-0.15, -0.1) is 0 Å². The molecule has 2 aliphatic rings. The average Bonchev–Trinajstić information content (AvgIpc) is 2.61. The smallest absolute Gasteiger partial charge is 0.306 e. The summed E-state index contributed by atoms with van der Waals surface area (Å²) in [7, 11) is 0. The second-order valence-corrected chi connectivity index (χ2v) is 5.55. The summed E-state index contributed by atoms with van der Waals surface area (Å²) < 4.78 is 0. The quantitative estimate of drug-likeness (QED) is 0.758. The van der Waals surface area contributed by atoms with Gasteiger partial charge in [0.15, 0.2) is 0 Å². The summed E-state index contributed by atoms with van der Waals surface area (Å²) in [6.07, 6.45) is 10.3. The maximum atomic E-state index is 11.1. The molecule has 0 bridgehead atoms. The van der Waals surface area contributed by atoms with Crippen LogP contribution in [0.5, 0.6) is 0 Å². The first-order valence-electron chi connectivity index (χ1n) is 6.38. The number of rotatable bonds is 2. The lowest BCUT2D eigenvalue weighted by molar-refractivity contribution is -0.145. The van der Waals surface area contributed by atoms with Crippen LogP contribution < -0.4 is 0 Å². The van der Waals surface area contributed by atoms with Crippen molar-refractivity contribution in [2.75, 3.05) is 0 Å². The first-order chi connectivity index (χ1) is 7.16. The van der Waals surface area contributed by atoms with Gasteiger partial charge in [-0.05, 0) is 37.0 Å². The fourth-order valence-corrected chi connectivity index (χ4v) is 3.99. The van der Waals surface area contributed by atoms with Gasteiger partial charge in [-0.2, -0.15) is 0 Å². The second kappa shape index (κ2) is 4.15. The van der Waals surface area contributed by atoms with Gasteiger partial charge in [-0.25, -0.2) is 0 Å². The maximum Gasteiger partial charge on any atom is 0.306 e. The molecule has 1 spiro atoms. The Morgan fingerprint density at radius 1 is 1.20 bits per heavy atom. The molecule has 2 unspecified atom stereocenters. The molecular weight excluding hydrogens is 188 g/mol. The second-order valence-electron chi connectivity index (χ2n) is 5.55. The van der Waals surface area contributed by atoms with E-state index in [1.54, 1.807) is 0 Å². The van der Waals surface area contributed by atoms with Crippen LogP contribution in [0.1, 0.15) is 58.3 Å². The molecule has 0 aromatic rings. The third-order valence-corrected chi connectivity index (χ3v) is 4.82. The largest absolute Gasteiger partial charge is 0.481 e. The highest BCUT2D eigenvalue weighted by molar-refractivity contribution is 5.70. The number of carboxylic acid groups (broad SMARTS) is 1. The van der Waals surface area contributed by atoms with Crippen molar-refractivity contribution in [3.05, 3.63) is 0 Å². The first-order valence-corrected chi connectivity index (χ1v) is 6.38. The summed E-state index contributed by atoms with van der Waals surface area (Å²) in [6.45, 7) is 1.91. The topological polar surface area (TPSA) is 37.3 Å². The number of carboxylic acids is 1. The number of aliphatic carboxylic acids is 1. The molecule has 2 fully saturated rings. The minimum Gasteiger partial charge on any atom is -0.481 e. The SMILES string of the molecule is CC(C(=O)O)C1CCCC12CCCCC2. The summed E-state index contributed by atoms with van der Waals surface area (Å²) in [5, 5.41) is 9.16. The van der Waals surface area contributed by atoms with Gasteiger partial charge < -0.3 is 5.11 Å². The molecule has 0 saturated heterocycles. The van der Waals surface area contributed by atoms with Gasteiger partial charge in [-0.3, -0.25) is 4.79 Å². The van der Waals surface area contributed by atoms with Crippen LogP contribution in [-0.2, 0) is 4.79 Å². The van der Waals surface area contributed by atoms with Crippen LogP contribution in [0, 0.1) is 17.3 Å². The minimum atomic E-state index is -0.591. The van der Waals surface area contributed by atoms with Gasteiger partial charge in [0.05, 0.1) is 5.92 Å². The van der Waals surface area contributed by atoms with E-state index in [9.17, 15) is 4.79 Å². The molecule has 0 aliphatic heterocycles. The predicted octanol–water partition coefficient (Wildman–Crippen LogP) is 3.46. The van der Waals surface area contributed by atoms with E-state index >= 15 is 0 Å². The summed E-state index contributed by atoms with van der Waals surface area (Å²) in [4.78, 5) is 11.1. The fourth-order valence-electron chi connectivity index (χ4n) is 3.99. The molecule has 2 heteroatoms. The van der Waals surface area contributed by atoms with Crippen molar-refractivity contribution in [3.63, 3.8) is 0 Å². The van der Waals surface area contributed by atoms with Crippen molar-refractivity contribution < 1.29 is 9.90 Å². The van der Waals surface area contributed by atoms with E-state index in [2.05, 4.69) is 0 Å². The van der Waals surface area contributed by atoms with Gasteiger partial charge in [0.2, 0.25) is 0 Å². The van der Waals surface area contributed by atoms with Crippen molar-refractivity contribution >= 4 is 5.97 Å². The van der Waals surface area contributed by atoms with Gasteiger partial charge in [-0.1, -0.05) is 32.6 Å². The Morgan fingerprint density at radius 2 is 1.80 bits per heavy atom. The van der Waals surface area contributed by atoms with Crippen LogP contribution >= 0.6 is 0 Å². The van der Waals surface area contributed by atoms with Crippen LogP contribution in [-0.4, -0.2) is 11.1 Å². The third kappa shape index (κ3) is 1.91. The summed E-state index contributed by atoms with van der Waals surface area (Å²) in [6, 6.07) is 0. The molecule has 2 rings (SSSR count). The Bertz CT molecular complexity index is 241. The van der Waals surface area contributed by atoms with Crippen molar-refractivity contribution in [2.45, 2.75) is 58.3 Å². The molecule has 1 N–H and O–H groups in total. The van der Waals surface area contributed by atoms with Crippen LogP contribution in [0.15, 0.2) is 0 Å². The monoisotopic (exact) mass is 210 g/mol. The highest BCUT2D eigenvalue weighted by Gasteiger charge is 2.46. The van der Waals surface area contributed by atoms with E-state index < -0.39 is 5.97 Å². The standard InChI is InChI=1S/C13H22O2/c1-10(12(14)15)11-6-5-9-13(11)7-3-2-4-8-13/h10-11H,2-9H2,1H3,(H,14,15). The highest BCUT2D eigenvalue weighted by atomic mass is 16.4. The predicted molar refractivity (Wildman–Crippen MR) is 59.7 cm³/mol. The van der Waals surface area contributed by atoms with Crippen molar-refractivity contribution in [1.82, 2.24) is 0 Å². The molecule has 86 valence electrons. The number of hydrogen-bond acceptors (Lipinski definition) is 1. The van der Waals surface area contributed by atoms with Gasteiger partial charge in [0.1, 0.15) is 0 Å². The summed E-state index contributed by atoms with van der Waals surface area (Å²) in [5.74, 6) is -0.271. The van der Waals surface area contributed by atoms with E-state index in [1.165, 1.54) is 44.9 Å². The highest BCUT2D eigenvalue weighted by Crippen LogP contribution is 2.55. The lowest BCUT2D eigenvalue weighted by atomic mass is 9.64. The molecule has 2 saturated carbocycles.